The highest BCUT2D eigenvalue weighted by Crippen LogP contribution is 2.65. The van der Waals surface area contributed by atoms with E-state index in [9.17, 15) is 20.1 Å². The molecule has 0 bridgehead atoms. The standard InChI is InChI=1S/C18H22O4/c1-18-7-6-12-11-5-3-10(19)8-9(11)2-4-13(12)15(18)14(16(18)20)17(21)22/h3,5,8,12-16,19-20H,2,4,6-7H2,1H3,(H,21,22)/t12?,13?,14?,15?,16-,18-/m0/s1. The van der Waals surface area contributed by atoms with Crippen LogP contribution in [0.15, 0.2) is 18.2 Å². The Labute approximate surface area is 129 Å². The monoisotopic (exact) mass is 302 g/mol. The molecule has 0 heterocycles. The predicted molar refractivity (Wildman–Crippen MR) is 80.6 cm³/mol. The average molecular weight is 302 g/mol. The van der Waals surface area contributed by atoms with Gasteiger partial charge < -0.3 is 15.3 Å². The number of aryl methyl sites for hydroxylation is 1. The SMILES string of the molecule is C[C@]12CCC3c4ccc(O)cc4CCC3C1C(C(=O)O)[C@@H]2O. The van der Waals surface area contributed by atoms with Gasteiger partial charge >= 0.3 is 5.97 Å². The lowest BCUT2D eigenvalue weighted by atomic mass is 9.41. The van der Waals surface area contributed by atoms with Gasteiger partial charge in [0.1, 0.15) is 5.75 Å². The Morgan fingerprint density at radius 2 is 2.09 bits per heavy atom. The van der Waals surface area contributed by atoms with Gasteiger partial charge in [-0.3, -0.25) is 4.79 Å². The number of carboxylic acid groups (broad SMARTS) is 1. The molecule has 0 saturated heterocycles. The number of aliphatic hydroxyl groups is 1. The molecular weight excluding hydrogens is 280 g/mol. The Hall–Kier alpha value is -1.55. The van der Waals surface area contributed by atoms with Crippen LogP contribution >= 0.6 is 0 Å². The first-order valence-corrected chi connectivity index (χ1v) is 8.16. The van der Waals surface area contributed by atoms with Gasteiger partial charge in [-0.1, -0.05) is 13.0 Å². The van der Waals surface area contributed by atoms with Crippen LogP contribution < -0.4 is 0 Å². The third kappa shape index (κ3) is 1.64. The fraction of sp³-hybridized carbons (Fsp3) is 0.611. The molecule has 1 aromatic carbocycles. The van der Waals surface area contributed by atoms with Crippen molar-refractivity contribution < 1.29 is 20.1 Å². The second kappa shape index (κ2) is 4.48. The van der Waals surface area contributed by atoms with Crippen LogP contribution in [0.2, 0.25) is 0 Å². The summed E-state index contributed by atoms with van der Waals surface area (Å²) in [4.78, 5) is 11.6. The zero-order valence-electron chi connectivity index (χ0n) is 12.7. The molecular formula is C18H22O4. The number of hydrogen-bond donors (Lipinski definition) is 3. The Balaban J connectivity index is 1.72. The molecule has 2 fully saturated rings. The van der Waals surface area contributed by atoms with Crippen molar-refractivity contribution in [3.05, 3.63) is 29.3 Å². The quantitative estimate of drug-likeness (QED) is 0.745. The zero-order valence-corrected chi connectivity index (χ0v) is 12.7. The molecule has 0 amide bonds. The Bertz CT molecular complexity index is 640. The molecule has 4 rings (SSSR count). The average Bonchev–Trinajstić information content (AvgIpc) is 2.48. The second-order valence-corrected chi connectivity index (χ2v) is 7.57. The van der Waals surface area contributed by atoms with Gasteiger partial charge in [0.05, 0.1) is 12.0 Å². The maximum absolute atomic E-state index is 11.6. The molecule has 0 spiro atoms. The minimum Gasteiger partial charge on any atom is -0.508 e. The van der Waals surface area contributed by atoms with Gasteiger partial charge in [0.2, 0.25) is 0 Å². The van der Waals surface area contributed by atoms with Crippen molar-refractivity contribution in [2.24, 2.45) is 23.2 Å². The van der Waals surface area contributed by atoms with E-state index in [0.717, 1.165) is 25.7 Å². The molecule has 3 aliphatic carbocycles. The van der Waals surface area contributed by atoms with Crippen molar-refractivity contribution in [3.8, 4) is 5.75 Å². The summed E-state index contributed by atoms with van der Waals surface area (Å²) >= 11 is 0. The number of carboxylic acids is 1. The normalized spacial score (nSPS) is 42.5. The predicted octanol–water partition coefficient (Wildman–Crippen LogP) is 2.53. The van der Waals surface area contributed by atoms with Crippen LogP contribution in [0.3, 0.4) is 0 Å². The number of phenols is 1. The lowest BCUT2D eigenvalue weighted by Gasteiger charge is -2.64. The smallest absolute Gasteiger partial charge is 0.309 e. The van der Waals surface area contributed by atoms with Crippen LogP contribution in [0.5, 0.6) is 5.75 Å². The maximum atomic E-state index is 11.6. The van der Waals surface area contributed by atoms with Crippen LogP contribution in [-0.2, 0) is 11.2 Å². The van der Waals surface area contributed by atoms with Gasteiger partial charge in [0.25, 0.3) is 0 Å². The van der Waals surface area contributed by atoms with Crippen LogP contribution in [0, 0.1) is 23.2 Å². The topological polar surface area (TPSA) is 77.8 Å². The highest BCUT2D eigenvalue weighted by atomic mass is 16.4. The molecule has 22 heavy (non-hydrogen) atoms. The highest BCUT2D eigenvalue weighted by Gasteiger charge is 2.66. The van der Waals surface area contributed by atoms with E-state index in [0.29, 0.717) is 17.6 Å². The molecule has 1 aromatic rings. The van der Waals surface area contributed by atoms with E-state index < -0.39 is 18.0 Å². The number of hydrogen-bond acceptors (Lipinski definition) is 3. The van der Waals surface area contributed by atoms with Gasteiger partial charge in [-0.15, -0.1) is 0 Å². The molecule has 4 unspecified atom stereocenters. The number of aliphatic hydroxyl groups excluding tert-OH is 1. The number of rotatable bonds is 1. The van der Waals surface area contributed by atoms with Crippen molar-refractivity contribution in [1.29, 1.82) is 0 Å². The lowest BCUT2D eigenvalue weighted by Crippen LogP contribution is -2.67. The fourth-order valence-corrected chi connectivity index (χ4v) is 5.64. The van der Waals surface area contributed by atoms with Crippen LogP contribution in [0.4, 0.5) is 0 Å². The van der Waals surface area contributed by atoms with Gasteiger partial charge in [0.15, 0.2) is 0 Å². The number of benzene rings is 1. The first kappa shape index (κ1) is 14.1. The number of phenolic OH excluding ortho intramolecular Hbond substituents is 1. The summed E-state index contributed by atoms with van der Waals surface area (Å²) in [5.74, 6) is -0.387. The number of fused-ring (bicyclic) bond motifs is 5. The minimum absolute atomic E-state index is 0.0701. The molecule has 0 radical (unpaired) electrons. The number of aliphatic carboxylic acids is 1. The van der Waals surface area contributed by atoms with E-state index >= 15 is 0 Å². The summed E-state index contributed by atoms with van der Waals surface area (Å²) in [6.07, 6.45) is 3.01. The van der Waals surface area contributed by atoms with E-state index in [1.165, 1.54) is 11.1 Å². The van der Waals surface area contributed by atoms with Crippen LogP contribution in [0.1, 0.15) is 43.2 Å². The summed E-state index contributed by atoms with van der Waals surface area (Å²) < 4.78 is 0. The second-order valence-electron chi connectivity index (χ2n) is 7.57. The molecule has 4 heteroatoms. The zero-order chi connectivity index (χ0) is 15.6. The van der Waals surface area contributed by atoms with E-state index in [1.54, 1.807) is 6.07 Å². The van der Waals surface area contributed by atoms with Gasteiger partial charge in [-0.25, -0.2) is 0 Å². The summed E-state index contributed by atoms with van der Waals surface area (Å²) in [5.41, 5.74) is 2.25. The summed E-state index contributed by atoms with van der Waals surface area (Å²) in [6.45, 7) is 2.06. The van der Waals surface area contributed by atoms with Crippen molar-refractivity contribution in [2.45, 2.75) is 44.6 Å². The third-order valence-corrected chi connectivity index (χ3v) is 6.69. The van der Waals surface area contributed by atoms with Gasteiger partial charge in [0, 0.05) is 0 Å². The number of aromatic hydroxyl groups is 1. The number of carbonyl (C=O) groups is 1. The van der Waals surface area contributed by atoms with Crippen molar-refractivity contribution in [2.75, 3.05) is 0 Å². The summed E-state index contributed by atoms with van der Waals surface area (Å²) in [7, 11) is 0. The molecule has 6 atom stereocenters. The summed E-state index contributed by atoms with van der Waals surface area (Å²) in [6, 6.07) is 5.60. The Kier molecular flexibility index (Phi) is 2.86. The highest BCUT2D eigenvalue weighted by molar-refractivity contribution is 5.73. The molecule has 3 aliphatic rings. The molecule has 118 valence electrons. The van der Waals surface area contributed by atoms with Crippen LogP contribution in [-0.4, -0.2) is 27.4 Å². The van der Waals surface area contributed by atoms with E-state index in [4.69, 9.17) is 0 Å². The molecule has 2 saturated carbocycles. The largest absolute Gasteiger partial charge is 0.508 e. The third-order valence-electron chi connectivity index (χ3n) is 6.69. The summed E-state index contributed by atoms with van der Waals surface area (Å²) in [5, 5.41) is 29.5. The molecule has 3 N–H and O–H groups in total. The fourth-order valence-electron chi connectivity index (χ4n) is 5.64. The Morgan fingerprint density at radius 1 is 1.32 bits per heavy atom. The Morgan fingerprint density at radius 3 is 2.82 bits per heavy atom. The van der Waals surface area contributed by atoms with Crippen molar-refractivity contribution in [3.63, 3.8) is 0 Å². The van der Waals surface area contributed by atoms with Gasteiger partial charge in [-0.05, 0) is 72.1 Å². The lowest BCUT2D eigenvalue weighted by molar-refractivity contribution is -0.225. The molecule has 4 nitrogen and oxygen atoms in total. The van der Waals surface area contributed by atoms with Crippen molar-refractivity contribution in [1.82, 2.24) is 0 Å². The van der Waals surface area contributed by atoms with Crippen molar-refractivity contribution >= 4 is 5.97 Å². The van der Waals surface area contributed by atoms with Crippen LogP contribution in [0.25, 0.3) is 0 Å². The first-order chi connectivity index (χ1) is 10.4. The van der Waals surface area contributed by atoms with E-state index in [1.807, 2.05) is 12.1 Å². The van der Waals surface area contributed by atoms with E-state index in [2.05, 4.69) is 6.92 Å². The molecule has 0 aliphatic heterocycles. The molecule has 0 aromatic heterocycles. The van der Waals surface area contributed by atoms with Gasteiger partial charge in [-0.2, -0.15) is 0 Å². The minimum atomic E-state index is -0.855. The maximum Gasteiger partial charge on any atom is 0.309 e. The van der Waals surface area contributed by atoms with E-state index in [-0.39, 0.29) is 11.3 Å². The first-order valence-electron chi connectivity index (χ1n) is 8.16.